The minimum atomic E-state index is 0.738. The van der Waals surface area contributed by atoms with E-state index in [2.05, 4.69) is 41.5 Å². The molecule has 2 N–H and O–H groups in total. The average molecular weight is 285 g/mol. The summed E-state index contributed by atoms with van der Waals surface area (Å²) in [6.07, 6.45) is 0. The quantitative estimate of drug-likeness (QED) is 0.729. The first-order valence-corrected chi connectivity index (χ1v) is 7.14. The molecule has 0 aliphatic heterocycles. The summed E-state index contributed by atoms with van der Waals surface area (Å²) in [6, 6.07) is 16.5. The van der Waals surface area contributed by atoms with Crippen molar-refractivity contribution in [1.82, 2.24) is 10.3 Å². The molecule has 0 saturated carbocycles. The Hall–Kier alpha value is -1.77. The first-order chi connectivity index (χ1) is 9.75. The van der Waals surface area contributed by atoms with Gasteiger partial charge in [0, 0.05) is 29.7 Å². The van der Waals surface area contributed by atoms with Crippen molar-refractivity contribution in [2.75, 3.05) is 0 Å². The Morgan fingerprint density at radius 2 is 1.75 bits per heavy atom. The van der Waals surface area contributed by atoms with Crippen molar-refractivity contribution in [3.8, 4) is 0 Å². The highest BCUT2D eigenvalue weighted by Crippen LogP contribution is 2.27. The number of hydrogen-bond donors (Lipinski definition) is 2. The molecule has 3 rings (SSSR count). The van der Waals surface area contributed by atoms with Crippen molar-refractivity contribution >= 4 is 22.5 Å². The number of benzene rings is 2. The fourth-order valence-electron chi connectivity index (χ4n) is 2.42. The summed E-state index contributed by atoms with van der Waals surface area (Å²) in [5.74, 6) is 0. The predicted molar refractivity (Wildman–Crippen MR) is 85.0 cm³/mol. The second-order valence-electron chi connectivity index (χ2n) is 4.99. The Labute approximate surface area is 123 Å². The molecule has 0 atom stereocenters. The third-order valence-electron chi connectivity index (χ3n) is 3.59. The lowest BCUT2D eigenvalue weighted by Crippen LogP contribution is -2.13. The number of H-pyrrole nitrogens is 1. The molecule has 0 saturated heterocycles. The molecule has 0 aliphatic carbocycles. The number of halogens is 1. The van der Waals surface area contributed by atoms with Crippen molar-refractivity contribution in [2.24, 2.45) is 0 Å². The van der Waals surface area contributed by atoms with Crippen LogP contribution in [-0.4, -0.2) is 4.98 Å². The SMILES string of the molecule is Cc1ccccc1CNCc1[nH]c2ccccc2c1Cl. The number of aromatic nitrogens is 1. The molecule has 2 nitrogen and oxygen atoms in total. The van der Waals surface area contributed by atoms with E-state index in [0.717, 1.165) is 34.7 Å². The molecular weight excluding hydrogens is 268 g/mol. The molecule has 0 spiro atoms. The van der Waals surface area contributed by atoms with Crippen LogP contribution in [-0.2, 0) is 13.1 Å². The van der Waals surface area contributed by atoms with Gasteiger partial charge in [-0.15, -0.1) is 0 Å². The molecule has 102 valence electrons. The molecule has 3 aromatic rings. The van der Waals surface area contributed by atoms with Gasteiger partial charge in [0.25, 0.3) is 0 Å². The zero-order chi connectivity index (χ0) is 13.9. The minimum Gasteiger partial charge on any atom is -0.356 e. The van der Waals surface area contributed by atoms with E-state index in [1.54, 1.807) is 0 Å². The molecule has 0 unspecified atom stereocenters. The number of rotatable bonds is 4. The molecule has 1 heterocycles. The zero-order valence-electron chi connectivity index (χ0n) is 11.4. The molecule has 3 heteroatoms. The monoisotopic (exact) mass is 284 g/mol. The van der Waals surface area contributed by atoms with E-state index >= 15 is 0 Å². The Kier molecular flexibility index (Phi) is 3.77. The molecular formula is C17H17ClN2. The predicted octanol–water partition coefficient (Wildman–Crippen LogP) is 4.42. The Morgan fingerprint density at radius 3 is 2.55 bits per heavy atom. The highest BCUT2D eigenvalue weighted by molar-refractivity contribution is 6.36. The smallest absolute Gasteiger partial charge is 0.0705 e. The Morgan fingerprint density at radius 1 is 1.00 bits per heavy atom. The third-order valence-corrected chi connectivity index (χ3v) is 4.02. The van der Waals surface area contributed by atoms with Crippen LogP contribution < -0.4 is 5.32 Å². The second kappa shape index (κ2) is 5.70. The van der Waals surface area contributed by atoms with Gasteiger partial charge >= 0.3 is 0 Å². The maximum atomic E-state index is 6.40. The van der Waals surface area contributed by atoms with Gasteiger partial charge in [-0.2, -0.15) is 0 Å². The number of nitrogens with one attached hydrogen (secondary N) is 2. The summed E-state index contributed by atoms with van der Waals surface area (Å²) >= 11 is 6.40. The fraction of sp³-hybridized carbons (Fsp3) is 0.176. The van der Waals surface area contributed by atoms with Gasteiger partial charge < -0.3 is 10.3 Å². The van der Waals surface area contributed by atoms with Gasteiger partial charge in [-0.05, 0) is 24.1 Å². The van der Waals surface area contributed by atoms with Crippen LogP contribution in [0.3, 0.4) is 0 Å². The van der Waals surface area contributed by atoms with E-state index in [1.807, 2.05) is 24.3 Å². The summed E-state index contributed by atoms with van der Waals surface area (Å²) in [7, 11) is 0. The summed E-state index contributed by atoms with van der Waals surface area (Å²) in [6.45, 7) is 3.72. The number of hydrogen-bond acceptors (Lipinski definition) is 1. The first kappa shape index (κ1) is 13.2. The van der Waals surface area contributed by atoms with Crippen molar-refractivity contribution in [3.05, 3.63) is 70.4 Å². The number of aromatic amines is 1. The fourth-order valence-corrected chi connectivity index (χ4v) is 2.69. The van der Waals surface area contributed by atoms with E-state index < -0.39 is 0 Å². The second-order valence-corrected chi connectivity index (χ2v) is 5.37. The van der Waals surface area contributed by atoms with Gasteiger partial charge in [0.15, 0.2) is 0 Å². The molecule has 0 amide bonds. The van der Waals surface area contributed by atoms with E-state index in [9.17, 15) is 0 Å². The number of fused-ring (bicyclic) bond motifs is 1. The molecule has 0 radical (unpaired) electrons. The summed E-state index contributed by atoms with van der Waals surface area (Å²) in [5.41, 5.74) is 4.76. The van der Waals surface area contributed by atoms with Gasteiger partial charge in [0.05, 0.1) is 5.02 Å². The van der Waals surface area contributed by atoms with Crippen LogP contribution in [0.2, 0.25) is 5.02 Å². The minimum absolute atomic E-state index is 0.738. The number of para-hydroxylation sites is 1. The zero-order valence-corrected chi connectivity index (χ0v) is 12.2. The van der Waals surface area contributed by atoms with Gasteiger partial charge in [-0.3, -0.25) is 0 Å². The Bertz CT molecular complexity index is 731. The van der Waals surface area contributed by atoms with Gasteiger partial charge in [-0.1, -0.05) is 54.1 Å². The van der Waals surface area contributed by atoms with Crippen LogP contribution in [0.25, 0.3) is 10.9 Å². The van der Waals surface area contributed by atoms with Gasteiger partial charge in [-0.25, -0.2) is 0 Å². The molecule has 20 heavy (non-hydrogen) atoms. The Balaban J connectivity index is 1.71. The van der Waals surface area contributed by atoms with Crippen LogP contribution in [0.1, 0.15) is 16.8 Å². The molecule has 0 bridgehead atoms. The van der Waals surface area contributed by atoms with Crippen LogP contribution in [0.5, 0.6) is 0 Å². The molecule has 0 aliphatic rings. The van der Waals surface area contributed by atoms with Crippen LogP contribution in [0.4, 0.5) is 0 Å². The summed E-state index contributed by atoms with van der Waals surface area (Å²) in [4.78, 5) is 3.37. The van der Waals surface area contributed by atoms with Crippen molar-refractivity contribution in [3.63, 3.8) is 0 Å². The first-order valence-electron chi connectivity index (χ1n) is 6.76. The summed E-state index contributed by atoms with van der Waals surface area (Å²) < 4.78 is 0. The van der Waals surface area contributed by atoms with E-state index in [4.69, 9.17) is 11.6 Å². The maximum Gasteiger partial charge on any atom is 0.0705 e. The van der Waals surface area contributed by atoms with Gasteiger partial charge in [0.2, 0.25) is 0 Å². The molecule has 2 aromatic carbocycles. The van der Waals surface area contributed by atoms with Crippen LogP contribution >= 0.6 is 11.6 Å². The standard InChI is InChI=1S/C17H17ClN2/c1-12-6-2-3-7-13(12)10-19-11-16-17(18)14-8-4-5-9-15(14)20-16/h2-9,19-20H,10-11H2,1H3. The molecule has 0 fully saturated rings. The van der Waals surface area contributed by atoms with Crippen LogP contribution in [0, 0.1) is 6.92 Å². The van der Waals surface area contributed by atoms with Crippen molar-refractivity contribution in [2.45, 2.75) is 20.0 Å². The van der Waals surface area contributed by atoms with E-state index in [1.165, 1.54) is 11.1 Å². The largest absolute Gasteiger partial charge is 0.356 e. The van der Waals surface area contributed by atoms with E-state index in [-0.39, 0.29) is 0 Å². The lowest BCUT2D eigenvalue weighted by molar-refractivity contribution is 0.681. The highest BCUT2D eigenvalue weighted by atomic mass is 35.5. The summed E-state index contributed by atoms with van der Waals surface area (Å²) in [5, 5.41) is 5.35. The van der Waals surface area contributed by atoms with Crippen molar-refractivity contribution in [1.29, 1.82) is 0 Å². The maximum absolute atomic E-state index is 6.40. The third kappa shape index (κ3) is 2.58. The lowest BCUT2D eigenvalue weighted by atomic mass is 10.1. The lowest BCUT2D eigenvalue weighted by Gasteiger charge is -2.07. The topological polar surface area (TPSA) is 27.8 Å². The average Bonchev–Trinajstić information content (AvgIpc) is 2.78. The molecule has 1 aromatic heterocycles. The van der Waals surface area contributed by atoms with Crippen LogP contribution in [0.15, 0.2) is 48.5 Å². The van der Waals surface area contributed by atoms with Crippen molar-refractivity contribution < 1.29 is 0 Å². The highest BCUT2D eigenvalue weighted by Gasteiger charge is 2.08. The number of aryl methyl sites for hydroxylation is 1. The normalized spacial score (nSPS) is 11.1. The van der Waals surface area contributed by atoms with E-state index in [0.29, 0.717) is 0 Å². The van der Waals surface area contributed by atoms with Gasteiger partial charge in [0.1, 0.15) is 0 Å².